The number of nitrogens with one attached hydrogen (secondary N) is 1. The lowest BCUT2D eigenvalue weighted by Gasteiger charge is -2.33. The molecule has 0 unspecified atom stereocenters. The third-order valence-electron chi connectivity index (χ3n) is 6.42. The second-order valence-corrected chi connectivity index (χ2v) is 8.21. The van der Waals surface area contributed by atoms with Crippen LogP contribution in [-0.2, 0) is 6.42 Å². The van der Waals surface area contributed by atoms with Crippen LogP contribution in [0.2, 0.25) is 0 Å². The SMILES string of the molecule is CCNC(=NCCc1ccc(OC)c(OC)c1OC)N1CCC2(CCCCC2)C1. The Balaban J connectivity index is 1.68. The quantitative estimate of drug-likeness (QED) is 0.553. The summed E-state index contributed by atoms with van der Waals surface area (Å²) in [5.74, 6) is 3.10. The van der Waals surface area contributed by atoms with Gasteiger partial charge in [0.25, 0.3) is 0 Å². The standard InChI is InChI=1S/C23H37N3O3/c1-5-24-22(26-16-14-23(17-26)12-7-6-8-13-23)25-15-11-18-9-10-19(27-2)21(29-4)20(18)28-3/h9-10H,5-8,11-17H2,1-4H3,(H,24,25). The highest BCUT2D eigenvalue weighted by atomic mass is 16.5. The van der Waals surface area contributed by atoms with Crippen molar-refractivity contribution in [3.05, 3.63) is 17.7 Å². The number of aliphatic imine (C=N–C) groups is 1. The summed E-state index contributed by atoms with van der Waals surface area (Å²) in [5, 5.41) is 3.50. The van der Waals surface area contributed by atoms with Crippen LogP contribution in [0, 0.1) is 5.41 Å². The smallest absolute Gasteiger partial charge is 0.203 e. The molecular formula is C23H37N3O3. The molecule has 1 aliphatic heterocycles. The zero-order valence-electron chi connectivity index (χ0n) is 18.6. The van der Waals surface area contributed by atoms with Crippen molar-refractivity contribution < 1.29 is 14.2 Å². The molecule has 1 aromatic rings. The van der Waals surface area contributed by atoms with E-state index in [4.69, 9.17) is 19.2 Å². The van der Waals surface area contributed by atoms with Gasteiger partial charge in [-0.3, -0.25) is 4.99 Å². The molecular weight excluding hydrogens is 366 g/mol. The summed E-state index contributed by atoms with van der Waals surface area (Å²) in [4.78, 5) is 7.42. The number of nitrogens with zero attached hydrogens (tertiary/aromatic N) is 2. The Bertz CT molecular complexity index is 699. The van der Waals surface area contributed by atoms with Gasteiger partial charge in [-0.2, -0.15) is 0 Å². The molecule has 3 rings (SSSR count). The lowest BCUT2D eigenvalue weighted by molar-refractivity contribution is 0.203. The largest absolute Gasteiger partial charge is 0.493 e. The fraction of sp³-hybridized carbons (Fsp3) is 0.696. The van der Waals surface area contributed by atoms with Gasteiger partial charge in [0.05, 0.1) is 21.3 Å². The van der Waals surface area contributed by atoms with Crippen molar-refractivity contribution in [3.8, 4) is 17.2 Å². The molecule has 1 saturated heterocycles. The average Bonchev–Trinajstić information content (AvgIpc) is 3.15. The molecule has 1 aromatic carbocycles. The Kier molecular flexibility index (Phi) is 7.51. The Morgan fingerprint density at radius 1 is 1.03 bits per heavy atom. The number of benzene rings is 1. The van der Waals surface area contributed by atoms with Crippen LogP contribution in [0.15, 0.2) is 17.1 Å². The molecule has 0 atom stereocenters. The minimum absolute atomic E-state index is 0.529. The number of rotatable bonds is 7. The second kappa shape index (κ2) is 10.1. The molecule has 0 amide bonds. The van der Waals surface area contributed by atoms with Crippen molar-refractivity contribution in [3.63, 3.8) is 0 Å². The van der Waals surface area contributed by atoms with Crippen LogP contribution in [0.25, 0.3) is 0 Å². The average molecular weight is 404 g/mol. The van der Waals surface area contributed by atoms with Gasteiger partial charge in [-0.15, -0.1) is 0 Å². The number of guanidine groups is 1. The second-order valence-electron chi connectivity index (χ2n) is 8.21. The molecule has 2 fully saturated rings. The molecule has 1 saturated carbocycles. The van der Waals surface area contributed by atoms with Crippen molar-refractivity contribution in [2.45, 2.75) is 51.9 Å². The molecule has 29 heavy (non-hydrogen) atoms. The maximum Gasteiger partial charge on any atom is 0.203 e. The fourth-order valence-corrected chi connectivity index (χ4v) is 4.89. The highest BCUT2D eigenvalue weighted by Crippen LogP contribution is 2.43. The summed E-state index contributed by atoms with van der Waals surface area (Å²) in [5.41, 5.74) is 1.61. The molecule has 1 spiro atoms. The third-order valence-corrected chi connectivity index (χ3v) is 6.42. The first-order valence-electron chi connectivity index (χ1n) is 11.0. The van der Waals surface area contributed by atoms with Gasteiger partial charge in [0.1, 0.15) is 0 Å². The Morgan fingerprint density at radius 2 is 1.79 bits per heavy atom. The first-order valence-corrected chi connectivity index (χ1v) is 11.0. The Labute approximate surface area is 175 Å². The lowest BCUT2D eigenvalue weighted by atomic mass is 9.73. The third kappa shape index (κ3) is 4.90. The van der Waals surface area contributed by atoms with E-state index >= 15 is 0 Å². The topological polar surface area (TPSA) is 55.3 Å². The van der Waals surface area contributed by atoms with Crippen LogP contribution < -0.4 is 19.5 Å². The predicted molar refractivity (Wildman–Crippen MR) is 117 cm³/mol. The van der Waals surface area contributed by atoms with E-state index in [2.05, 4.69) is 17.1 Å². The van der Waals surface area contributed by atoms with Crippen molar-refractivity contribution in [2.75, 3.05) is 47.5 Å². The molecule has 1 heterocycles. The summed E-state index contributed by atoms with van der Waals surface area (Å²) in [6.45, 7) is 6.00. The van der Waals surface area contributed by atoms with Gasteiger partial charge in [0, 0.05) is 31.7 Å². The van der Waals surface area contributed by atoms with Crippen LogP contribution in [-0.4, -0.2) is 58.4 Å². The summed E-state index contributed by atoms with van der Waals surface area (Å²) in [6.07, 6.45) is 9.04. The van der Waals surface area contributed by atoms with Gasteiger partial charge in [-0.1, -0.05) is 25.3 Å². The van der Waals surface area contributed by atoms with Crippen LogP contribution in [0.5, 0.6) is 17.2 Å². The minimum atomic E-state index is 0.529. The molecule has 0 radical (unpaired) electrons. The van der Waals surface area contributed by atoms with Gasteiger partial charge in [-0.25, -0.2) is 0 Å². The fourth-order valence-electron chi connectivity index (χ4n) is 4.89. The van der Waals surface area contributed by atoms with E-state index in [1.165, 1.54) is 38.5 Å². The van der Waals surface area contributed by atoms with E-state index in [1.807, 2.05) is 12.1 Å². The van der Waals surface area contributed by atoms with Gasteiger partial charge in [-0.05, 0) is 44.1 Å². The zero-order chi connectivity index (χ0) is 20.7. The summed E-state index contributed by atoms with van der Waals surface area (Å²) in [7, 11) is 4.95. The monoisotopic (exact) mass is 403 g/mol. The molecule has 6 nitrogen and oxygen atoms in total. The van der Waals surface area contributed by atoms with Gasteiger partial charge >= 0.3 is 0 Å². The van der Waals surface area contributed by atoms with Gasteiger partial charge < -0.3 is 24.4 Å². The molecule has 6 heteroatoms. The first-order chi connectivity index (χ1) is 14.2. The van der Waals surface area contributed by atoms with E-state index in [0.29, 0.717) is 23.5 Å². The zero-order valence-corrected chi connectivity index (χ0v) is 18.6. The maximum absolute atomic E-state index is 5.61. The minimum Gasteiger partial charge on any atom is -0.493 e. The van der Waals surface area contributed by atoms with Gasteiger partial charge in [0.2, 0.25) is 5.75 Å². The van der Waals surface area contributed by atoms with Crippen molar-refractivity contribution >= 4 is 5.96 Å². The molecule has 162 valence electrons. The molecule has 1 N–H and O–H groups in total. The summed E-state index contributed by atoms with van der Waals surface area (Å²) < 4.78 is 16.5. The highest BCUT2D eigenvalue weighted by molar-refractivity contribution is 5.80. The number of hydrogen-bond donors (Lipinski definition) is 1. The van der Waals surface area contributed by atoms with Crippen molar-refractivity contribution in [1.29, 1.82) is 0 Å². The van der Waals surface area contributed by atoms with Crippen LogP contribution in [0.3, 0.4) is 0 Å². The lowest BCUT2D eigenvalue weighted by Crippen LogP contribution is -2.41. The first kappa shape index (κ1) is 21.6. The number of methoxy groups -OCH3 is 3. The highest BCUT2D eigenvalue weighted by Gasteiger charge is 2.39. The molecule has 1 aliphatic carbocycles. The summed E-state index contributed by atoms with van der Waals surface area (Å²) in [6, 6.07) is 3.97. The van der Waals surface area contributed by atoms with Crippen LogP contribution in [0.4, 0.5) is 0 Å². The maximum atomic E-state index is 5.61. The van der Waals surface area contributed by atoms with Crippen molar-refractivity contribution in [1.82, 2.24) is 10.2 Å². The van der Waals surface area contributed by atoms with Gasteiger partial charge in [0.15, 0.2) is 17.5 Å². The van der Waals surface area contributed by atoms with E-state index in [-0.39, 0.29) is 0 Å². The summed E-state index contributed by atoms with van der Waals surface area (Å²) >= 11 is 0. The number of hydrogen-bond acceptors (Lipinski definition) is 4. The normalized spacial score (nSPS) is 18.8. The number of ether oxygens (including phenoxy) is 3. The van der Waals surface area contributed by atoms with Crippen LogP contribution in [0.1, 0.15) is 51.0 Å². The Morgan fingerprint density at radius 3 is 2.45 bits per heavy atom. The predicted octanol–water partition coefficient (Wildman–Crippen LogP) is 3.88. The molecule has 0 bridgehead atoms. The molecule has 0 aromatic heterocycles. The Hall–Kier alpha value is -2.11. The van der Waals surface area contributed by atoms with E-state index in [0.717, 1.165) is 43.3 Å². The van der Waals surface area contributed by atoms with E-state index in [1.54, 1.807) is 21.3 Å². The van der Waals surface area contributed by atoms with Crippen LogP contribution >= 0.6 is 0 Å². The van der Waals surface area contributed by atoms with E-state index < -0.39 is 0 Å². The van der Waals surface area contributed by atoms with E-state index in [9.17, 15) is 0 Å². The number of likely N-dealkylation sites (tertiary alicyclic amines) is 1. The molecule has 2 aliphatic rings. The van der Waals surface area contributed by atoms with Crippen molar-refractivity contribution in [2.24, 2.45) is 10.4 Å².